The summed E-state index contributed by atoms with van der Waals surface area (Å²) in [5.74, 6) is 0. The SMILES string of the molecule is Nc1cc(Cl)c(N2CCCOCC2)c(Cl)c1. The lowest BCUT2D eigenvalue weighted by Crippen LogP contribution is -2.26. The fourth-order valence-corrected chi connectivity index (χ4v) is 2.60. The Labute approximate surface area is 105 Å². The topological polar surface area (TPSA) is 38.5 Å². The summed E-state index contributed by atoms with van der Waals surface area (Å²) in [4.78, 5) is 2.15. The Balaban J connectivity index is 2.31. The van der Waals surface area contributed by atoms with Crippen molar-refractivity contribution in [1.29, 1.82) is 0 Å². The third-order valence-corrected chi connectivity index (χ3v) is 3.15. The molecule has 0 spiro atoms. The van der Waals surface area contributed by atoms with Crippen LogP contribution in [-0.2, 0) is 4.74 Å². The largest absolute Gasteiger partial charge is 0.399 e. The molecule has 0 aliphatic carbocycles. The fourth-order valence-electron chi connectivity index (χ4n) is 1.86. The van der Waals surface area contributed by atoms with Gasteiger partial charge in [0.2, 0.25) is 0 Å². The van der Waals surface area contributed by atoms with Gasteiger partial charge in [-0.3, -0.25) is 0 Å². The number of halogens is 2. The van der Waals surface area contributed by atoms with Crippen LogP contribution in [-0.4, -0.2) is 26.3 Å². The number of rotatable bonds is 1. The molecule has 0 saturated carbocycles. The Morgan fingerprint density at radius 2 is 1.81 bits per heavy atom. The van der Waals surface area contributed by atoms with Gasteiger partial charge in [-0.1, -0.05) is 23.2 Å². The molecule has 1 saturated heterocycles. The molecule has 1 aromatic carbocycles. The molecule has 0 amide bonds. The second-order valence-electron chi connectivity index (χ2n) is 3.79. The molecule has 3 nitrogen and oxygen atoms in total. The zero-order valence-electron chi connectivity index (χ0n) is 8.88. The van der Waals surface area contributed by atoms with Crippen molar-refractivity contribution in [2.45, 2.75) is 6.42 Å². The zero-order valence-corrected chi connectivity index (χ0v) is 10.4. The van der Waals surface area contributed by atoms with Crippen molar-refractivity contribution in [1.82, 2.24) is 0 Å². The average Bonchev–Trinajstić information content (AvgIpc) is 2.44. The highest BCUT2D eigenvalue weighted by Crippen LogP contribution is 2.36. The molecule has 0 bridgehead atoms. The number of nitrogen functional groups attached to an aromatic ring is 1. The summed E-state index contributed by atoms with van der Waals surface area (Å²) in [6.45, 7) is 3.21. The molecule has 16 heavy (non-hydrogen) atoms. The van der Waals surface area contributed by atoms with Gasteiger partial charge < -0.3 is 15.4 Å². The maximum Gasteiger partial charge on any atom is 0.0747 e. The van der Waals surface area contributed by atoms with Gasteiger partial charge in [0.05, 0.1) is 22.3 Å². The molecule has 1 fully saturated rings. The third-order valence-electron chi connectivity index (χ3n) is 2.58. The molecule has 88 valence electrons. The summed E-state index contributed by atoms with van der Waals surface area (Å²) >= 11 is 12.3. The molecule has 0 radical (unpaired) electrons. The highest BCUT2D eigenvalue weighted by molar-refractivity contribution is 6.39. The third kappa shape index (κ3) is 2.54. The van der Waals surface area contributed by atoms with Crippen molar-refractivity contribution in [3.8, 4) is 0 Å². The quantitative estimate of drug-likeness (QED) is 0.790. The van der Waals surface area contributed by atoms with Crippen LogP contribution in [0.4, 0.5) is 11.4 Å². The van der Waals surface area contributed by atoms with Gasteiger partial charge in [0, 0.05) is 25.4 Å². The predicted molar refractivity (Wildman–Crippen MR) is 68.5 cm³/mol. The Morgan fingerprint density at radius 3 is 2.50 bits per heavy atom. The van der Waals surface area contributed by atoms with Crippen LogP contribution in [0.3, 0.4) is 0 Å². The van der Waals surface area contributed by atoms with E-state index in [1.165, 1.54) is 0 Å². The van der Waals surface area contributed by atoms with Crippen molar-refractivity contribution < 1.29 is 4.74 Å². The summed E-state index contributed by atoms with van der Waals surface area (Å²) in [5, 5.41) is 1.21. The van der Waals surface area contributed by atoms with Crippen molar-refractivity contribution in [2.24, 2.45) is 0 Å². The van der Waals surface area contributed by atoms with Crippen LogP contribution in [0.2, 0.25) is 10.0 Å². The summed E-state index contributed by atoms with van der Waals surface area (Å²) < 4.78 is 5.40. The molecular weight excluding hydrogens is 247 g/mol. The first-order valence-electron chi connectivity index (χ1n) is 5.25. The second kappa shape index (κ2) is 5.13. The number of benzene rings is 1. The first-order valence-corrected chi connectivity index (χ1v) is 6.01. The van der Waals surface area contributed by atoms with Gasteiger partial charge in [0.1, 0.15) is 0 Å². The van der Waals surface area contributed by atoms with Crippen LogP contribution in [0.1, 0.15) is 6.42 Å². The lowest BCUT2D eigenvalue weighted by molar-refractivity contribution is 0.152. The molecular formula is C11H14Cl2N2O. The Bertz CT molecular complexity index is 353. The van der Waals surface area contributed by atoms with E-state index in [9.17, 15) is 0 Å². The Kier molecular flexibility index (Phi) is 3.79. The lowest BCUT2D eigenvalue weighted by atomic mass is 10.2. The molecule has 2 N–H and O–H groups in total. The van der Waals surface area contributed by atoms with Gasteiger partial charge in [-0.25, -0.2) is 0 Å². The van der Waals surface area contributed by atoms with E-state index in [2.05, 4.69) is 4.90 Å². The number of hydrogen-bond donors (Lipinski definition) is 1. The van der Waals surface area contributed by atoms with E-state index < -0.39 is 0 Å². The highest BCUT2D eigenvalue weighted by Gasteiger charge is 2.16. The normalized spacial score (nSPS) is 17.2. The monoisotopic (exact) mass is 260 g/mol. The first kappa shape index (κ1) is 11.8. The Hall–Kier alpha value is -0.640. The van der Waals surface area contributed by atoms with Crippen LogP contribution >= 0.6 is 23.2 Å². The predicted octanol–water partition coefficient (Wildman–Crippen LogP) is 2.80. The molecule has 0 unspecified atom stereocenters. The molecule has 2 rings (SSSR count). The Morgan fingerprint density at radius 1 is 1.12 bits per heavy atom. The summed E-state index contributed by atoms with van der Waals surface area (Å²) in [6.07, 6.45) is 0.983. The van der Waals surface area contributed by atoms with E-state index in [0.717, 1.165) is 31.8 Å². The van der Waals surface area contributed by atoms with Crippen molar-refractivity contribution in [3.63, 3.8) is 0 Å². The zero-order chi connectivity index (χ0) is 11.5. The van der Waals surface area contributed by atoms with Gasteiger partial charge in [-0.05, 0) is 18.6 Å². The maximum absolute atomic E-state index is 6.17. The number of nitrogens with zero attached hydrogens (tertiary/aromatic N) is 1. The minimum Gasteiger partial charge on any atom is -0.399 e. The molecule has 1 aliphatic heterocycles. The summed E-state index contributed by atoms with van der Waals surface area (Å²) in [5.41, 5.74) is 7.13. The molecule has 1 heterocycles. The smallest absolute Gasteiger partial charge is 0.0747 e. The minimum absolute atomic E-state index is 0.588. The molecule has 5 heteroatoms. The highest BCUT2D eigenvalue weighted by atomic mass is 35.5. The van der Waals surface area contributed by atoms with Crippen LogP contribution < -0.4 is 10.6 Å². The number of ether oxygens (including phenoxy) is 1. The van der Waals surface area contributed by atoms with Crippen LogP contribution in [0, 0.1) is 0 Å². The van der Waals surface area contributed by atoms with Crippen molar-refractivity contribution >= 4 is 34.6 Å². The van der Waals surface area contributed by atoms with Gasteiger partial charge >= 0.3 is 0 Å². The van der Waals surface area contributed by atoms with Crippen molar-refractivity contribution in [3.05, 3.63) is 22.2 Å². The van der Waals surface area contributed by atoms with E-state index in [1.807, 2.05) is 0 Å². The second-order valence-corrected chi connectivity index (χ2v) is 4.60. The number of hydrogen-bond acceptors (Lipinski definition) is 3. The maximum atomic E-state index is 6.17. The molecule has 1 aromatic rings. The average molecular weight is 261 g/mol. The fraction of sp³-hybridized carbons (Fsp3) is 0.455. The standard InChI is InChI=1S/C11H14Cl2N2O/c12-9-6-8(14)7-10(13)11(9)15-2-1-4-16-5-3-15/h6-7H,1-5,14H2. The van der Waals surface area contributed by atoms with Gasteiger partial charge in [0.25, 0.3) is 0 Å². The van der Waals surface area contributed by atoms with E-state index in [1.54, 1.807) is 12.1 Å². The van der Waals surface area contributed by atoms with Gasteiger partial charge in [-0.2, -0.15) is 0 Å². The summed E-state index contributed by atoms with van der Waals surface area (Å²) in [7, 11) is 0. The first-order chi connectivity index (χ1) is 7.68. The van der Waals surface area contributed by atoms with Crippen LogP contribution in [0.5, 0.6) is 0 Å². The minimum atomic E-state index is 0.588. The van der Waals surface area contributed by atoms with E-state index in [4.69, 9.17) is 33.7 Å². The van der Waals surface area contributed by atoms with E-state index in [0.29, 0.717) is 22.3 Å². The lowest BCUT2D eigenvalue weighted by Gasteiger charge is -2.24. The van der Waals surface area contributed by atoms with Crippen molar-refractivity contribution in [2.75, 3.05) is 36.9 Å². The number of anilines is 2. The van der Waals surface area contributed by atoms with Gasteiger partial charge in [0.15, 0.2) is 0 Å². The summed E-state index contributed by atoms with van der Waals surface area (Å²) in [6, 6.07) is 3.46. The van der Waals surface area contributed by atoms with Crippen LogP contribution in [0.25, 0.3) is 0 Å². The van der Waals surface area contributed by atoms with Gasteiger partial charge in [-0.15, -0.1) is 0 Å². The number of nitrogens with two attached hydrogens (primary N) is 1. The van der Waals surface area contributed by atoms with E-state index >= 15 is 0 Å². The molecule has 0 atom stereocenters. The molecule has 1 aliphatic rings. The van der Waals surface area contributed by atoms with Crippen LogP contribution in [0.15, 0.2) is 12.1 Å². The van der Waals surface area contributed by atoms with E-state index in [-0.39, 0.29) is 0 Å². The molecule has 0 aromatic heterocycles.